The minimum absolute atomic E-state index is 0.181. The second-order valence-electron chi connectivity index (χ2n) is 2.06. The maximum absolute atomic E-state index is 10.5. The van der Waals surface area contributed by atoms with Crippen molar-refractivity contribution in [2.75, 3.05) is 19.6 Å². The average molecular weight is 159 g/mol. The summed E-state index contributed by atoms with van der Waals surface area (Å²) >= 11 is 3.62. The summed E-state index contributed by atoms with van der Waals surface area (Å²) < 4.78 is 0. The molecule has 0 saturated heterocycles. The first-order valence-electron chi connectivity index (χ1n) is 2.97. The van der Waals surface area contributed by atoms with Crippen molar-refractivity contribution in [1.82, 2.24) is 4.90 Å². The molecule has 1 heterocycles. The zero-order valence-electron chi connectivity index (χ0n) is 5.45. The first kappa shape index (κ1) is 7.40. The van der Waals surface area contributed by atoms with Crippen LogP contribution in [0.5, 0.6) is 0 Å². The van der Waals surface area contributed by atoms with E-state index >= 15 is 0 Å². The van der Waals surface area contributed by atoms with Gasteiger partial charge in [0.15, 0.2) is 5.96 Å². The van der Waals surface area contributed by atoms with Crippen molar-refractivity contribution in [2.45, 2.75) is 0 Å². The van der Waals surface area contributed by atoms with Gasteiger partial charge in [-0.3, -0.25) is 9.79 Å². The molecule has 0 unspecified atom stereocenters. The molecule has 0 aromatic heterocycles. The van der Waals surface area contributed by atoms with Crippen LogP contribution in [0, 0.1) is 0 Å². The molecule has 1 aliphatic rings. The van der Waals surface area contributed by atoms with Crippen molar-refractivity contribution >= 4 is 23.7 Å². The molecule has 0 aliphatic carbocycles. The Balaban J connectivity index is 2.43. The number of guanidine groups is 1. The standard InChI is InChI=1S/C5H9N3OS/c6-5-7-1-2-8(5)3-4(9)10/h1-3H2,(H2,6,7)(H,9,10). The van der Waals surface area contributed by atoms with Crippen LogP contribution in [0.2, 0.25) is 0 Å². The molecule has 0 amide bonds. The Morgan fingerprint density at radius 2 is 2.60 bits per heavy atom. The number of thiol groups is 1. The first-order valence-corrected chi connectivity index (χ1v) is 3.41. The SMILES string of the molecule is NC1=NCCN1CC(=O)S. The molecule has 0 aromatic carbocycles. The van der Waals surface area contributed by atoms with E-state index in [1.165, 1.54) is 0 Å². The van der Waals surface area contributed by atoms with Crippen molar-refractivity contribution in [3.05, 3.63) is 0 Å². The largest absolute Gasteiger partial charge is 0.370 e. The summed E-state index contributed by atoms with van der Waals surface area (Å²) in [5, 5.41) is -0.181. The van der Waals surface area contributed by atoms with Crippen LogP contribution in [0.4, 0.5) is 0 Å². The van der Waals surface area contributed by atoms with Crippen LogP contribution in [0.3, 0.4) is 0 Å². The second kappa shape index (κ2) is 2.92. The number of hydrogen-bond acceptors (Lipinski definition) is 4. The van der Waals surface area contributed by atoms with Crippen molar-refractivity contribution in [3.8, 4) is 0 Å². The molecule has 0 fully saturated rings. The van der Waals surface area contributed by atoms with Crippen molar-refractivity contribution in [3.63, 3.8) is 0 Å². The van der Waals surface area contributed by atoms with E-state index in [2.05, 4.69) is 17.6 Å². The Morgan fingerprint density at radius 3 is 3.00 bits per heavy atom. The highest BCUT2D eigenvalue weighted by atomic mass is 32.1. The number of hydrogen-bond donors (Lipinski definition) is 2. The van der Waals surface area contributed by atoms with Gasteiger partial charge in [0.1, 0.15) is 0 Å². The molecule has 5 heteroatoms. The highest BCUT2D eigenvalue weighted by molar-refractivity contribution is 7.96. The minimum atomic E-state index is -0.181. The lowest BCUT2D eigenvalue weighted by molar-refractivity contribution is -0.111. The van der Waals surface area contributed by atoms with E-state index in [0.29, 0.717) is 12.5 Å². The van der Waals surface area contributed by atoms with Crippen LogP contribution in [-0.4, -0.2) is 35.6 Å². The molecule has 4 nitrogen and oxygen atoms in total. The Labute approximate surface area is 64.5 Å². The molecule has 0 spiro atoms. The quantitative estimate of drug-likeness (QED) is 0.512. The van der Waals surface area contributed by atoms with E-state index in [1.807, 2.05) is 0 Å². The lowest BCUT2D eigenvalue weighted by Gasteiger charge is -2.13. The van der Waals surface area contributed by atoms with Crippen LogP contribution < -0.4 is 5.73 Å². The van der Waals surface area contributed by atoms with Gasteiger partial charge in [-0.2, -0.15) is 0 Å². The number of aliphatic imine (C=N–C) groups is 1. The predicted molar refractivity (Wildman–Crippen MR) is 42.1 cm³/mol. The zero-order valence-corrected chi connectivity index (χ0v) is 6.34. The summed E-state index contributed by atoms with van der Waals surface area (Å²) in [6.45, 7) is 1.68. The van der Waals surface area contributed by atoms with E-state index in [-0.39, 0.29) is 11.7 Å². The van der Waals surface area contributed by atoms with E-state index in [9.17, 15) is 4.79 Å². The van der Waals surface area contributed by atoms with Crippen LogP contribution in [-0.2, 0) is 4.79 Å². The van der Waals surface area contributed by atoms with Gasteiger partial charge in [0.2, 0.25) is 5.12 Å². The Morgan fingerprint density at radius 1 is 1.90 bits per heavy atom. The fourth-order valence-electron chi connectivity index (χ4n) is 0.823. The van der Waals surface area contributed by atoms with Crippen molar-refractivity contribution in [1.29, 1.82) is 0 Å². The van der Waals surface area contributed by atoms with Gasteiger partial charge in [-0.05, 0) is 0 Å². The molecule has 1 rings (SSSR count). The van der Waals surface area contributed by atoms with Crippen LogP contribution >= 0.6 is 12.6 Å². The summed E-state index contributed by atoms with van der Waals surface area (Å²) in [6, 6.07) is 0. The zero-order chi connectivity index (χ0) is 7.56. The molecular weight excluding hydrogens is 150 g/mol. The topological polar surface area (TPSA) is 58.7 Å². The van der Waals surface area contributed by atoms with Gasteiger partial charge in [0, 0.05) is 6.54 Å². The average Bonchev–Trinajstić information content (AvgIpc) is 2.15. The second-order valence-corrected chi connectivity index (χ2v) is 2.55. The first-order chi connectivity index (χ1) is 4.70. The van der Waals surface area contributed by atoms with Gasteiger partial charge in [0.25, 0.3) is 0 Å². The maximum Gasteiger partial charge on any atom is 0.205 e. The third kappa shape index (κ3) is 1.63. The summed E-state index contributed by atoms with van der Waals surface area (Å²) in [5.41, 5.74) is 5.42. The van der Waals surface area contributed by atoms with Gasteiger partial charge in [-0.15, -0.1) is 12.6 Å². The van der Waals surface area contributed by atoms with E-state index < -0.39 is 0 Å². The van der Waals surface area contributed by atoms with Crippen molar-refractivity contribution in [2.24, 2.45) is 10.7 Å². The van der Waals surface area contributed by atoms with Crippen LogP contribution in [0.15, 0.2) is 4.99 Å². The summed E-state index contributed by atoms with van der Waals surface area (Å²) in [4.78, 5) is 16.1. The third-order valence-electron chi connectivity index (χ3n) is 1.29. The van der Waals surface area contributed by atoms with Crippen molar-refractivity contribution < 1.29 is 4.79 Å². The maximum atomic E-state index is 10.5. The molecule has 0 bridgehead atoms. The lowest BCUT2D eigenvalue weighted by atomic mass is 10.5. The van der Waals surface area contributed by atoms with Gasteiger partial charge < -0.3 is 10.6 Å². The molecule has 0 radical (unpaired) electrons. The highest BCUT2D eigenvalue weighted by Gasteiger charge is 2.14. The molecule has 1 aliphatic heterocycles. The summed E-state index contributed by atoms with van der Waals surface area (Å²) in [6.07, 6.45) is 0. The molecule has 0 atom stereocenters. The fourth-order valence-corrected chi connectivity index (χ4v) is 0.994. The lowest BCUT2D eigenvalue weighted by Crippen LogP contribution is -2.36. The minimum Gasteiger partial charge on any atom is -0.370 e. The summed E-state index contributed by atoms with van der Waals surface area (Å²) in [7, 11) is 0. The normalized spacial score (nSPS) is 17.3. The predicted octanol–water partition coefficient (Wildman–Crippen LogP) is -0.927. The molecule has 0 aromatic rings. The van der Waals surface area contributed by atoms with E-state index in [4.69, 9.17) is 5.73 Å². The monoisotopic (exact) mass is 159 g/mol. The molecule has 10 heavy (non-hydrogen) atoms. The number of carbonyl (C=O) groups excluding carboxylic acids is 1. The number of rotatable bonds is 2. The smallest absolute Gasteiger partial charge is 0.205 e. The highest BCUT2D eigenvalue weighted by Crippen LogP contribution is 1.97. The van der Waals surface area contributed by atoms with E-state index in [1.54, 1.807) is 4.90 Å². The summed E-state index contributed by atoms with van der Waals surface area (Å²) in [5.74, 6) is 0.447. The van der Waals surface area contributed by atoms with Gasteiger partial charge in [-0.1, -0.05) is 0 Å². The third-order valence-corrected chi connectivity index (χ3v) is 1.44. The Hall–Kier alpha value is -0.710. The Bertz CT molecular complexity index is 180. The number of carbonyl (C=O) groups is 1. The molecular formula is C5H9N3OS. The Kier molecular flexibility index (Phi) is 2.16. The van der Waals surface area contributed by atoms with Crippen LogP contribution in [0.25, 0.3) is 0 Å². The molecule has 0 saturated carbocycles. The van der Waals surface area contributed by atoms with Gasteiger partial charge >= 0.3 is 0 Å². The number of nitrogens with two attached hydrogens (primary N) is 1. The van der Waals surface area contributed by atoms with Crippen LogP contribution in [0.1, 0.15) is 0 Å². The molecule has 2 N–H and O–H groups in total. The van der Waals surface area contributed by atoms with E-state index in [0.717, 1.165) is 6.54 Å². The fraction of sp³-hybridized carbons (Fsp3) is 0.600. The molecule has 56 valence electrons. The van der Waals surface area contributed by atoms with Gasteiger partial charge in [0.05, 0.1) is 13.1 Å². The number of nitrogens with zero attached hydrogens (tertiary/aromatic N) is 2. The van der Waals surface area contributed by atoms with Gasteiger partial charge in [-0.25, -0.2) is 0 Å².